The first-order valence-electron chi connectivity index (χ1n) is 9.26. The monoisotopic (exact) mass is 404 g/mol. The zero-order valence-electron chi connectivity index (χ0n) is 16.1. The average molecular weight is 404 g/mol. The predicted molar refractivity (Wildman–Crippen MR) is 103 cm³/mol. The van der Waals surface area contributed by atoms with Gasteiger partial charge in [0.15, 0.2) is 6.10 Å². The Morgan fingerprint density at radius 2 is 2.00 bits per heavy atom. The lowest BCUT2D eigenvalue weighted by Crippen LogP contribution is -2.45. The van der Waals surface area contributed by atoms with E-state index in [9.17, 15) is 18.4 Å². The van der Waals surface area contributed by atoms with Crippen LogP contribution in [0.1, 0.15) is 31.9 Å². The number of halogens is 2. The molecular weight excluding hydrogens is 382 g/mol. The number of fused-ring (bicyclic) bond motifs is 1. The number of benzene rings is 2. The molecule has 2 atom stereocenters. The minimum atomic E-state index is -2.91. The highest BCUT2D eigenvalue weighted by atomic mass is 19.3. The summed E-state index contributed by atoms with van der Waals surface area (Å²) < 4.78 is 34.7. The molecule has 29 heavy (non-hydrogen) atoms. The van der Waals surface area contributed by atoms with E-state index in [0.717, 1.165) is 0 Å². The Morgan fingerprint density at radius 1 is 1.24 bits per heavy atom. The van der Waals surface area contributed by atoms with E-state index < -0.39 is 18.8 Å². The van der Waals surface area contributed by atoms with Crippen molar-refractivity contribution in [2.75, 3.05) is 11.4 Å². The Balaban J connectivity index is 1.61. The maximum absolute atomic E-state index is 12.5. The van der Waals surface area contributed by atoms with Gasteiger partial charge < -0.3 is 19.7 Å². The number of carbonyl (C=O) groups excluding carboxylic acids is 2. The Labute approximate surface area is 167 Å². The molecule has 154 valence electrons. The highest BCUT2D eigenvalue weighted by Crippen LogP contribution is 2.33. The van der Waals surface area contributed by atoms with Crippen molar-refractivity contribution >= 4 is 17.5 Å². The van der Waals surface area contributed by atoms with Gasteiger partial charge in [-0.1, -0.05) is 24.3 Å². The number of ether oxygens (including phenoxy) is 2. The molecule has 0 aliphatic carbocycles. The van der Waals surface area contributed by atoms with Crippen LogP contribution in [-0.2, 0) is 9.59 Å². The largest absolute Gasteiger partial charge is 0.479 e. The van der Waals surface area contributed by atoms with Crippen molar-refractivity contribution < 1.29 is 27.8 Å². The maximum atomic E-state index is 12.5. The minimum absolute atomic E-state index is 0.0307. The molecule has 0 spiro atoms. The number of alkyl halides is 2. The van der Waals surface area contributed by atoms with Crippen LogP contribution >= 0.6 is 0 Å². The van der Waals surface area contributed by atoms with E-state index in [0.29, 0.717) is 17.0 Å². The van der Waals surface area contributed by atoms with E-state index in [4.69, 9.17) is 4.74 Å². The quantitative estimate of drug-likeness (QED) is 0.765. The Bertz CT molecular complexity index is 890. The van der Waals surface area contributed by atoms with Crippen molar-refractivity contribution in [1.82, 2.24) is 5.32 Å². The molecule has 2 aromatic carbocycles. The number of rotatable bonds is 7. The summed E-state index contributed by atoms with van der Waals surface area (Å²) in [4.78, 5) is 26.4. The van der Waals surface area contributed by atoms with Crippen LogP contribution in [0.15, 0.2) is 48.5 Å². The number of nitrogens with zero attached hydrogens (tertiary/aromatic N) is 1. The highest BCUT2D eigenvalue weighted by molar-refractivity contribution is 6.00. The molecule has 0 fully saturated rings. The summed E-state index contributed by atoms with van der Waals surface area (Å²) in [5.41, 5.74) is 1.27. The Hall–Kier alpha value is -3.16. The standard InChI is InChI=1S/C21H22F2N2O4/c1-13(15-6-5-7-16(12-15)29-21(22)23)24-19(26)10-11-25-17-8-3-4-9-18(17)28-14(2)20(25)27/h3-9,12-14,21H,10-11H2,1-2H3,(H,24,26). The van der Waals surface area contributed by atoms with E-state index >= 15 is 0 Å². The summed E-state index contributed by atoms with van der Waals surface area (Å²) in [6.07, 6.45) is -0.533. The SMILES string of the molecule is CC1Oc2ccccc2N(CCC(=O)NC(C)c2cccc(OC(F)F)c2)C1=O. The maximum Gasteiger partial charge on any atom is 0.387 e. The molecule has 1 N–H and O–H groups in total. The second-order valence-electron chi connectivity index (χ2n) is 6.71. The van der Waals surface area contributed by atoms with Gasteiger partial charge in [0.2, 0.25) is 5.91 Å². The van der Waals surface area contributed by atoms with Crippen molar-refractivity contribution in [2.45, 2.75) is 39.0 Å². The Kier molecular flexibility index (Phi) is 6.31. The molecule has 3 rings (SSSR count). The zero-order valence-corrected chi connectivity index (χ0v) is 16.1. The van der Waals surface area contributed by atoms with Gasteiger partial charge in [-0.3, -0.25) is 9.59 Å². The first-order chi connectivity index (χ1) is 13.8. The number of hydrogen-bond donors (Lipinski definition) is 1. The van der Waals surface area contributed by atoms with Crippen molar-refractivity contribution in [2.24, 2.45) is 0 Å². The number of hydrogen-bond acceptors (Lipinski definition) is 4. The molecule has 0 saturated heterocycles. The molecule has 2 aromatic rings. The molecule has 1 aliphatic rings. The third-order valence-electron chi connectivity index (χ3n) is 4.60. The number of amides is 2. The summed E-state index contributed by atoms with van der Waals surface area (Å²) in [7, 11) is 0. The zero-order chi connectivity index (χ0) is 21.0. The van der Waals surface area contributed by atoms with Crippen LogP contribution < -0.4 is 19.7 Å². The molecule has 2 amide bonds. The molecule has 1 heterocycles. The summed E-state index contributed by atoms with van der Waals surface area (Å²) in [5.74, 6) is 0.163. The van der Waals surface area contributed by atoms with Crippen LogP contribution in [-0.4, -0.2) is 31.1 Å². The van der Waals surface area contributed by atoms with Gasteiger partial charge in [0, 0.05) is 13.0 Å². The van der Waals surface area contributed by atoms with Crippen molar-refractivity contribution in [3.05, 3.63) is 54.1 Å². The van der Waals surface area contributed by atoms with Crippen LogP contribution in [0.5, 0.6) is 11.5 Å². The number of para-hydroxylation sites is 2. The molecule has 0 aromatic heterocycles. The minimum Gasteiger partial charge on any atom is -0.479 e. The lowest BCUT2D eigenvalue weighted by atomic mass is 10.1. The molecule has 1 aliphatic heterocycles. The summed E-state index contributed by atoms with van der Waals surface area (Å²) >= 11 is 0. The second-order valence-corrected chi connectivity index (χ2v) is 6.71. The van der Waals surface area contributed by atoms with Gasteiger partial charge in [0.25, 0.3) is 5.91 Å². The topological polar surface area (TPSA) is 67.9 Å². The van der Waals surface area contributed by atoms with Gasteiger partial charge >= 0.3 is 6.61 Å². The van der Waals surface area contributed by atoms with E-state index in [1.807, 2.05) is 6.07 Å². The van der Waals surface area contributed by atoms with E-state index in [-0.39, 0.29) is 30.5 Å². The van der Waals surface area contributed by atoms with Gasteiger partial charge in [0.1, 0.15) is 11.5 Å². The molecule has 6 nitrogen and oxygen atoms in total. The smallest absolute Gasteiger partial charge is 0.387 e. The lowest BCUT2D eigenvalue weighted by Gasteiger charge is -2.32. The lowest BCUT2D eigenvalue weighted by molar-refractivity contribution is -0.125. The third kappa shape index (κ3) is 5.01. The molecule has 2 unspecified atom stereocenters. The highest BCUT2D eigenvalue weighted by Gasteiger charge is 2.31. The van der Waals surface area contributed by atoms with Crippen LogP contribution in [0.2, 0.25) is 0 Å². The fourth-order valence-corrected chi connectivity index (χ4v) is 3.16. The van der Waals surface area contributed by atoms with Gasteiger partial charge in [-0.2, -0.15) is 8.78 Å². The molecular formula is C21H22F2N2O4. The molecule has 0 saturated carbocycles. The van der Waals surface area contributed by atoms with Crippen molar-refractivity contribution in [3.8, 4) is 11.5 Å². The first kappa shape index (κ1) is 20.6. The molecule has 8 heteroatoms. The fourth-order valence-electron chi connectivity index (χ4n) is 3.16. The van der Waals surface area contributed by atoms with E-state index in [1.54, 1.807) is 49.1 Å². The van der Waals surface area contributed by atoms with Gasteiger partial charge in [-0.25, -0.2) is 0 Å². The van der Waals surface area contributed by atoms with Crippen molar-refractivity contribution in [1.29, 1.82) is 0 Å². The first-order valence-corrected chi connectivity index (χ1v) is 9.26. The number of carbonyl (C=O) groups is 2. The fraction of sp³-hybridized carbons (Fsp3) is 0.333. The van der Waals surface area contributed by atoms with Gasteiger partial charge in [0.05, 0.1) is 11.7 Å². The van der Waals surface area contributed by atoms with Crippen LogP contribution in [0.25, 0.3) is 0 Å². The third-order valence-corrected chi connectivity index (χ3v) is 4.60. The Morgan fingerprint density at radius 3 is 2.76 bits per heavy atom. The molecule has 0 bridgehead atoms. The van der Waals surface area contributed by atoms with E-state index in [2.05, 4.69) is 10.1 Å². The van der Waals surface area contributed by atoms with Gasteiger partial charge in [-0.15, -0.1) is 0 Å². The predicted octanol–water partition coefficient (Wildman–Crippen LogP) is 3.67. The number of nitrogens with one attached hydrogen (secondary N) is 1. The van der Waals surface area contributed by atoms with Crippen molar-refractivity contribution in [3.63, 3.8) is 0 Å². The normalized spacial score (nSPS) is 16.8. The average Bonchev–Trinajstić information content (AvgIpc) is 2.68. The van der Waals surface area contributed by atoms with Gasteiger partial charge in [-0.05, 0) is 43.7 Å². The van der Waals surface area contributed by atoms with E-state index in [1.165, 1.54) is 12.1 Å². The summed E-state index contributed by atoms with van der Waals surface area (Å²) in [5, 5.41) is 2.82. The van der Waals surface area contributed by atoms with Crippen LogP contribution in [0.3, 0.4) is 0 Å². The van der Waals surface area contributed by atoms with Crippen LogP contribution in [0, 0.1) is 0 Å². The summed E-state index contributed by atoms with van der Waals surface area (Å²) in [6.45, 7) is 0.710. The summed E-state index contributed by atoms with van der Waals surface area (Å²) in [6, 6.07) is 12.9. The molecule has 0 radical (unpaired) electrons. The second kappa shape index (κ2) is 8.89. The van der Waals surface area contributed by atoms with Crippen LogP contribution in [0.4, 0.5) is 14.5 Å². The number of anilines is 1.